The first-order valence-electron chi connectivity index (χ1n) is 2.15. The van der Waals surface area contributed by atoms with Crippen molar-refractivity contribution in [2.75, 3.05) is 0 Å². The summed E-state index contributed by atoms with van der Waals surface area (Å²) in [4.78, 5) is 4.42. The number of aromatic nitrogens is 2. The van der Waals surface area contributed by atoms with Gasteiger partial charge in [-0.3, -0.25) is 0 Å². The summed E-state index contributed by atoms with van der Waals surface area (Å²) in [6, 6.07) is 0. The molecular weight excluding hydrogens is 166 g/mol. The zero-order chi connectivity index (χ0) is 7.78. The minimum atomic E-state index is -4.84. The monoisotopic (exact) mass is 168 g/mol. The highest BCUT2D eigenvalue weighted by Gasteiger charge is 2.14. The van der Waals surface area contributed by atoms with Crippen molar-refractivity contribution < 1.29 is 16.7 Å². The largest absolute Gasteiger partial charge is 0.349 e. The summed E-state index contributed by atoms with van der Waals surface area (Å²) in [6.07, 6.45) is -0.568. The van der Waals surface area contributed by atoms with Crippen molar-refractivity contribution in [1.82, 2.24) is 9.97 Å². The molecular formula is C3H2F2N2O2S. The highest BCUT2D eigenvalue weighted by molar-refractivity contribution is 7.86. The Morgan fingerprint density at radius 3 is 2.40 bits per heavy atom. The zero-order valence-electron chi connectivity index (χ0n) is 4.51. The van der Waals surface area contributed by atoms with Crippen LogP contribution in [0.1, 0.15) is 0 Å². The predicted molar refractivity (Wildman–Crippen MR) is 26.8 cm³/mol. The van der Waals surface area contributed by atoms with Gasteiger partial charge < -0.3 is 4.98 Å². The van der Waals surface area contributed by atoms with E-state index in [0.29, 0.717) is 6.20 Å². The molecule has 0 saturated heterocycles. The molecule has 1 N–H and O–H groups in total. The third-order valence-electron chi connectivity index (χ3n) is 0.784. The van der Waals surface area contributed by atoms with Crippen LogP contribution in [0.4, 0.5) is 8.28 Å². The maximum Gasteiger partial charge on any atom is 0.349 e. The molecule has 1 aromatic heterocycles. The molecule has 0 spiro atoms. The van der Waals surface area contributed by atoms with Crippen molar-refractivity contribution >= 4 is 10.2 Å². The zero-order valence-corrected chi connectivity index (χ0v) is 5.32. The highest BCUT2D eigenvalue weighted by Crippen LogP contribution is 2.06. The first-order valence-corrected chi connectivity index (χ1v) is 3.53. The molecule has 56 valence electrons. The van der Waals surface area contributed by atoms with E-state index in [1.165, 1.54) is 0 Å². The normalized spacial score (nSPS) is 11.8. The van der Waals surface area contributed by atoms with E-state index in [2.05, 4.69) is 4.98 Å². The van der Waals surface area contributed by atoms with Gasteiger partial charge in [0, 0.05) is 0 Å². The molecule has 10 heavy (non-hydrogen) atoms. The van der Waals surface area contributed by atoms with Crippen LogP contribution < -0.4 is 0 Å². The molecule has 0 amide bonds. The number of hydrogen-bond donors (Lipinski definition) is 1. The van der Waals surface area contributed by atoms with Gasteiger partial charge in [0.1, 0.15) is 0 Å². The van der Waals surface area contributed by atoms with E-state index in [9.17, 15) is 16.7 Å². The molecule has 7 heteroatoms. The molecule has 0 unspecified atom stereocenters. The van der Waals surface area contributed by atoms with Crippen LogP contribution in [0.25, 0.3) is 0 Å². The molecule has 1 aromatic rings. The van der Waals surface area contributed by atoms with Crippen LogP contribution in [0.15, 0.2) is 11.2 Å². The Labute approximate surface area is 55.1 Å². The van der Waals surface area contributed by atoms with Crippen LogP contribution in [0.3, 0.4) is 0 Å². The van der Waals surface area contributed by atoms with E-state index in [1.54, 1.807) is 4.98 Å². The Balaban J connectivity index is 3.21. The predicted octanol–water partition coefficient (Wildman–Crippen LogP) is 0.207. The molecule has 4 nitrogen and oxygen atoms in total. The first kappa shape index (κ1) is 7.13. The number of halogens is 2. The Morgan fingerprint density at radius 2 is 2.20 bits per heavy atom. The number of nitrogens with one attached hydrogen (secondary N) is 1. The molecule has 0 aliphatic rings. The molecule has 0 bridgehead atoms. The lowest BCUT2D eigenvalue weighted by Crippen LogP contribution is -1.91. The van der Waals surface area contributed by atoms with Crippen LogP contribution in [-0.2, 0) is 10.2 Å². The topological polar surface area (TPSA) is 62.8 Å². The van der Waals surface area contributed by atoms with E-state index in [0.717, 1.165) is 0 Å². The van der Waals surface area contributed by atoms with Crippen LogP contribution in [-0.4, -0.2) is 18.4 Å². The minimum absolute atomic E-state index is 0.560. The van der Waals surface area contributed by atoms with Crippen LogP contribution in [0.2, 0.25) is 0 Å². The number of hydrogen-bond acceptors (Lipinski definition) is 3. The average molecular weight is 168 g/mol. The van der Waals surface area contributed by atoms with Gasteiger partial charge in [0.25, 0.3) is 6.08 Å². The highest BCUT2D eigenvalue weighted by atomic mass is 32.3. The van der Waals surface area contributed by atoms with Gasteiger partial charge in [-0.15, -0.1) is 0 Å². The number of aromatic amines is 1. The van der Waals surface area contributed by atoms with Crippen molar-refractivity contribution in [1.29, 1.82) is 0 Å². The van der Waals surface area contributed by atoms with Crippen molar-refractivity contribution in [3.05, 3.63) is 12.3 Å². The van der Waals surface area contributed by atoms with Crippen LogP contribution in [0, 0.1) is 6.08 Å². The molecule has 0 aliphatic heterocycles. The van der Waals surface area contributed by atoms with E-state index in [4.69, 9.17) is 0 Å². The van der Waals surface area contributed by atoms with Gasteiger partial charge in [0.05, 0.1) is 6.20 Å². The lowest BCUT2D eigenvalue weighted by molar-refractivity contribution is 0.531. The van der Waals surface area contributed by atoms with Gasteiger partial charge in [-0.25, -0.2) is 4.98 Å². The molecule has 0 radical (unpaired) electrons. The van der Waals surface area contributed by atoms with Crippen LogP contribution in [0.5, 0.6) is 0 Å². The Kier molecular flexibility index (Phi) is 1.43. The lowest BCUT2D eigenvalue weighted by atomic mass is 11.0. The van der Waals surface area contributed by atoms with Gasteiger partial charge in [-0.2, -0.15) is 12.8 Å². The van der Waals surface area contributed by atoms with E-state index in [-0.39, 0.29) is 0 Å². The Morgan fingerprint density at radius 1 is 1.60 bits per heavy atom. The average Bonchev–Trinajstić information content (AvgIpc) is 2.11. The molecule has 0 saturated carbocycles. The van der Waals surface area contributed by atoms with Gasteiger partial charge in [-0.1, -0.05) is 3.89 Å². The number of rotatable bonds is 1. The molecule has 1 rings (SSSR count). The summed E-state index contributed by atoms with van der Waals surface area (Å²) < 4.78 is 43.6. The van der Waals surface area contributed by atoms with Crippen LogP contribution >= 0.6 is 0 Å². The number of imidazole rings is 1. The van der Waals surface area contributed by atoms with E-state index < -0.39 is 21.3 Å². The fourth-order valence-electron chi connectivity index (χ4n) is 0.405. The molecule has 0 atom stereocenters. The van der Waals surface area contributed by atoms with E-state index >= 15 is 0 Å². The smallest absolute Gasteiger partial charge is 0.303 e. The molecule has 0 aliphatic carbocycles. The Bertz CT molecular complexity index is 330. The number of H-pyrrole nitrogens is 1. The van der Waals surface area contributed by atoms with Gasteiger partial charge >= 0.3 is 10.2 Å². The third kappa shape index (κ3) is 1.29. The van der Waals surface area contributed by atoms with Gasteiger partial charge in [-0.05, 0) is 0 Å². The van der Waals surface area contributed by atoms with Crippen molar-refractivity contribution in [2.24, 2.45) is 0 Å². The summed E-state index contributed by atoms with van der Waals surface area (Å²) >= 11 is 0. The molecule has 0 fully saturated rings. The van der Waals surface area contributed by atoms with Gasteiger partial charge in [0.15, 0.2) is 5.03 Å². The molecule has 0 aromatic carbocycles. The minimum Gasteiger partial charge on any atom is -0.303 e. The second kappa shape index (κ2) is 2.01. The first-order chi connectivity index (χ1) is 4.50. The summed E-state index contributed by atoms with van der Waals surface area (Å²) in [7, 11) is -4.84. The summed E-state index contributed by atoms with van der Waals surface area (Å²) in [6.45, 7) is 0. The molecule has 1 heterocycles. The second-order valence-electron chi connectivity index (χ2n) is 1.48. The summed E-state index contributed by atoms with van der Waals surface area (Å²) in [5.74, 6) is 0. The Hall–Kier alpha value is -0.980. The van der Waals surface area contributed by atoms with Gasteiger partial charge in [0.2, 0.25) is 0 Å². The quantitative estimate of drug-likeness (QED) is 0.609. The maximum absolute atomic E-state index is 11.9. The third-order valence-corrected chi connectivity index (χ3v) is 1.52. The lowest BCUT2D eigenvalue weighted by Gasteiger charge is -1.82. The summed E-state index contributed by atoms with van der Waals surface area (Å²) in [5.41, 5.74) is 0. The van der Waals surface area contributed by atoms with E-state index in [1.807, 2.05) is 0 Å². The van der Waals surface area contributed by atoms with Crippen molar-refractivity contribution in [2.45, 2.75) is 5.03 Å². The fourth-order valence-corrected chi connectivity index (χ4v) is 0.790. The standard InChI is InChI=1S/C3H2F2N2O2S/c4-3-6-1-2(7-3)10(5,8)9/h1H,(H,6,7). The SMILES string of the molecule is O=S(=O)(F)c1cnc(F)[nH]1. The van der Waals surface area contributed by atoms with Crippen molar-refractivity contribution in [3.63, 3.8) is 0 Å². The number of nitrogens with zero attached hydrogens (tertiary/aromatic N) is 1. The summed E-state index contributed by atoms with van der Waals surface area (Å²) in [5, 5.41) is -0.870. The van der Waals surface area contributed by atoms with Crippen molar-refractivity contribution in [3.8, 4) is 0 Å². The fraction of sp³-hybridized carbons (Fsp3) is 0. The maximum atomic E-state index is 11.9. The second-order valence-corrected chi connectivity index (χ2v) is 2.79.